The normalized spacial score (nSPS) is 15.0. The second-order valence-corrected chi connectivity index (χ2v) is 10.5. The number of aryl methyl sites for hydroxylation is 1. The number of rotatable bonds is 7. The molecule has 0 unspecified atom stereocenters. The van der Waals surface area contributed by atoms with Gasteiger partial charge >= 0.3 is 0 Å². The Kier molecular flexibility index (Phi) is 7.24. The molecular weight excluding hydrogens is 442 g/mol. The molecule has 1 saturated heterocycles. The Balaban J connectivity index is 1.24. The van der Waals surface area contributed by atoms with E-state index in [9.17, 15) is 4.79 Å². The van der Waals surface area contributed by atoms with E-state index in [0.717, 1.165) is 44.7 Å². The van der Waals surface area contributed by atoms with Crippen LogP contribution in [0, 0.1) is 12.8 Å². The van der Waals surface area contributed by atoms with Crippen molar-refractivity contribution in [1.29, 1.82) is 0 Å². The summed E-state index contributed by atoms with van der Waals surface area (Å²) < 4.78 is 2.47. The van der Waals surface area contributed by atoms with Gasteiger partial charge in [-0.25, -0.2) is 0 Å². The minimum Gasteiger partial charge on any atom is -0.339 e. The van der Waals surface area contributed by atoms with E-state index >= 15 is 0 Å². The number of para-hydroxylation sites is 1. The lowest BCUT2D eigenvalue weighted by molar-refractivity contribution is -0.121. The lowest BCUT2D eigenvalue weighted by Crippen LogP contribution is -2.38. The van der Waals surface area contributed by atoms with Crippen molar-refractivity contribution >= 4 is 22.5 Å². The number of nitrogens with one attached hydrogen (secondary N) is 1. The van der Waals surface area contributed by atoms with Crippen LogP contribution in [0.2, 0.25) is 0 Å². The minimum absolute atomic E-state index is 0.0730. The molecule has 5 rings (SSSR count). The molecule has 3 aromatic carbocycles. The first kappa shape index (κ1) is 24.3. The average molecular weight is 480 g/mol. The van der Waals surface area contributed by atoms with Gasteiger partial charge in [-0.05, 0) is 85.1 Å². The second-order valence-electron chi connectivity index (χ2n) is 10.5. The number of likely N-dealkylation sites (tertiary alicyclic amines) is 1. The quantitative estimate of drug-likeness (QED) is 0.311. The highest BCUT2D eigenvalue weighted by Crippen LogP contribution is 2.26. The van der Waals surface area contributed by atoms with E-state index in [1.807, 2.05) is 12.1 Å². The van der Waals surface area contributed by atoms with Crippen molar-refractivity contribution in [2.75, 3.05) is 18.4 Å². The molecule has 0 radical (unpaired) electrons. The summed E-state index contributed by atoms with van der Waals surface area (Å²) >= 11 is 0. The summed E-state index contributed by atoms with van der Waals surface area (Å²) in [6, 6.07) is 27.9. The zero-order valence-corrected chi connectivity index (χ0v) is 21.7. The number of nitrogens with zero attached hydrogens (tertiary/aromatic N) is 2. The van der Waals surface area contributed by atoms with Gasteiger partial charge in [-0.15, -0.1) is 0 Å². The third-order valence-electron chi connectivity index (χ3n) is 7.67. The van der Waals surface area contributed by atoms with E-state index < -0.39 is 0 Å². The van der Waals surface area contributed by atoms with Gasteiger partial charge < -0.3 is 9.88 Å². The smallest absolute Gasteiger partial charge is 0.227 e. The van der Waals surface area contributed by atoms with Gasteiger partial charge in [-0.3, -0.25) is 9.69 Å². The Labute approximate surface area is 214 Å². The van der Waals surface area contributed by atoms with E-state index in [1.165, 1.54) is 33.3 Å². The van der Waals surface area contributed by atoms with Crippen molar-refractivity contribution in [1.82, 2.24) is 9.47 Å². The van der Waals surface area contributed by atoms with Gasteiger partial charge in [0, 0.05) is 35.9 Å². The second kappa shape index (κ2) is 10.7. The lowest BCUT2D eigenvalue weighted by atomic mass is 9.95. The molecule has 0 spiro atoms. The van der Waals surface area contributed by atoms with Crippen LogP contribution in [0.5, 0.6) is 0 Å². The van der Waals surface area contributed by atoms with Gasteiger partial charge in [-0.1, -0.05) is 68.4 Å². The van der Waals surface area contributed by atoms with Gasteiger partial charge in [0.2, 0.25) is 5.91 Å². The van der Waals surface area contributed by atoms with Crippen LogP contribution in [0.4, 0.5) is 5.69 Å². The third-order valence-corrected chi connectivity index (χ3v) is 7.67. The SMILES string of the molecule is Cc1ccccc1Cn1c(CN2CCC(C(=O)Nc3ccc(C(C)C)cc3)CC2)cc2ccccc21. The van der Waals surface area contributed by atoms with E-state index in [4.69, 9.17) is 0 Å². The van der Waals surface area contributed by atoms with Crippen LogP contribution in [0.15, 0.2) is 78.9 Å². The highest BCUT2D eigenvalue weighted by atomic mass is 16.1. The van der Waals surface area contributed by atoms with Crippen LogP contribution >= 0.6 is 0 Å². The predicted octanol–water partition coefficient (Wildman–Crippen LogP) is 6.97. The molecule has 4 heteroatoms. The molecule has 4 nitrogen and oxygen atoms in total. The molecule has 2 heterocycles. The number of hydrogen-bond donors (Lipinski definition) is 1. The number of piperidine rings is 1. The molecule has 1 aromatic heterocycles. The molecule has 0 atom stereocenters. The Hall–Kier alpha value is -3.37. The van der Waals surface area contributed by atoms with Crippen molar-refractivity contribution in [2.45, 2.75) is 52.6 Å². The number of aromatic nitrogens is 1. The third kappa shape index (κ3) is 5.39. The van der Waals surface area contributed by atoms with Gasteiger partial charge in [0.1, 0.15) is 0 Å². The maximum absolute atomic E-state index is 12.9. The summed E-state index contributed by atoms with van der Waals surface area (Å²) in [5.74, 6) is 0.721. The highest BCUT2D eigenvalue weighted by molar-refractivity contribution is 5.92. The number of amides is 1. The number of carbonyl (C=O) groups excluding carboxylic acids is 1. The predicted molar refractivity (Wildman–Crippen MR) is 149 cm³/mol. The summed E-state index contributed by atoms with van der Waals surface area (Å²) in [4.78, 5) is 15.4. The molecule has 1 N–H and O–H groups in total. The van der Waals surface area contributed by atoms with Gasteiger partial charge in [0.15, 0.2) is 0 Å². The van der Waals surface area contributed by atoms with Crippen molar-refractivity contribution in [3.05, 3.63) is 101 Å². The molecule has 0 saturated carbocycles. The Morgan fingerprint density at radius 2 is 1.61 bits per heavy atom. The first-order chi connectivity index (χ1) is 17.5. The summed E-state index contributed by atoms with van der Waals surface area (Å²) in [7, 11) is 0. The maximum atomic E-state index is 12.9. The molecule has 1 amide bonds. The first-order valence-corrected chi connectivity index (χ1v) is 13.2. The van der Waals surface area contributed by atoms with E-state index in [2.05, 4.69) is 102 Å². The van der Waals surface area contributed by atoms with Crippen LogP contribution in [0.25, 0.3) is 10.9 Å². The molecule has 36 heavy (non-hydrogen) atoms. The summed E-state index contributed by atoms with van der Waals surface area (Å²) in [6.45, 7) is 10.2. The number of fused-ring (bicyclic) bond motifs is 1. The van der Waals surface area contributed by atoms with Crippen molar-refractivity contribution in [3.63, 3.8) is 0 Å². The van der Waals surface area contributed by atoms with Crippen LogP contribution in [-0.4, -0.2) is 28.5 Å². The summed E-state index contributed by atoms with van der Waals surface area (Å²) in [5, 5.41) is 4.43. The minimum atomic E-state index is 0.0730. The van der Waals surface area contributed by atoms with Gasteiger partial charge in [0.05, 0.1) is 0 Å². The highest BCUT2D eigenvalue weighted by Gasteiger charge is 2.26. The van der Waals surface area contributed by atoms with Crippen molar-refractivity contribution < 1.29 is 4.79 Å². The van der Waals surface area contributed by atoms with Gasteiger partial charge in [0.25, 0.3) is 0 Å². The first-order valence-electron chi connectivity index (χ1n) is 13.2. The van der Waals surface area contributed by atoms with Gasteiger partial charge in [-0.2, -0.15) is 0 Å². The molecule has 1 aliphatic heterocycles. The number of carbonyl (C=O) groups is 1. The van der Waals surface area contributed by atoms with Crippen LogP contribution in [0.1, 0.15) is 55.0 Å². The fourth-order valence-electron chi connectivity index (χ4n) is 5.32. The van der Waals surface area contributed by atoms with E-state index in [0.29, 0.717) is 5.92 Å². The van der Waals surface area contributed by atoms with Crippen molar-refractivity contribution in [2.24, 2.45) is 5.92 Å². The molecule has 0 bridgehead atoms. The molecular formula is C32H37N3O. The molecule has 1 fully saturated rings. The number of hydrogen-bond acceptors (Lipinski definition) is 2. The fourth-order valence-corrected chi connectivity index (χ4v) is 5.32. The lowest BCUT2D eigenvalue weighted by Gasteiger charge is -2.31. The number of benzene rings is 3. The average Bonchev–Trinajstić information content (AvgIpc) is 3.23. The van der Waals surface area contributed by atoms with E-state index in [1.54, 1.807) is 0 Å². The monoisotopic (exact) mass is 479 g/mol. The molecule has 4 aromatic rings. The maximum Gasteiger partial charge on any atom is 0.227 e. The zero-order chi connectivity index (χ0) is 25.1. The van der Waals surface area contributed by atoms with Crippen LogP contribution in [0.3, 0.4) is 0 Å². The Bertz CT molecular complexity index is 1330. The topological polar surface area (TPSA) is 37.3 Å². The van der Waals surface area contributed by atoms with E-state index in [-0.39, 0.29) is 11.8 Å². The summed E-state index contributed by atoms with van der Waals surface area (Å²) in [5.41, 5.74) is 7.50. The van der Waals surface area contributed by atoms with Crippen LogP contribution < -0.4 is 5.32 Å². The van der Waals surface area contributed by atoms with Crippen molar-refractivity contribution in [3.8, 4) is 0 Å². The Morgan fingerprint density at radius 1 is 0.917 bits per heavy atom. The fraction of sp³-hybridized carbons (Fsp3) is 0.344. The molecule has 0 aliphatic carbocycles. The molecule has 186 valence electrons. The largest absolute Gasteiger partial charge is 0.339 e. The number of anilines is 1. The van der Waals surface area contributed by atoms with Crippen LogP contribution in [-0.2, 0) is 17.9 Å². The molecule has 1 aliphatic rings. The summed E-state index contributed by atoms with van der Waals surface area (Å²) in [6.07, 6.45) is 1.79. The zero-order valence-electron chi connectivity index (χ0n) is 21.7. The Morgan fingerprint density at radius 3 is 2.33 bits per heavy atom. The standard InChI is InChI=1S/C32H37N3O/c1-23(2)25-12-14-29(15-13-25)33-32(36)26-16-18-34(19-17-26)22-30-20-27-9-6-7-11-31(27)35(30)21-28-10-5-4-8-24(28)3/h4-15,20,23,26H,16-19,21-22H2,1-3H3,(H,33,36).